The van der Waals surface area contributed by atoms with Crippen LogP contribution in [0.4, 0.5) is 4.79 Å². The number of carboxylic acid groups (broad SMARTS) is 1. The van der Waals surface area contributed by atoms with Crippen molar-refractivity contribution in [2.24, 2.45) is 0 Å². The number of alkyl carbamates (subject to hydrolysis) is 1. The number of hydrogen-bond acceptors (Lipinski definition) is 7. The molecule has 2 N–H and O–H groups in total. The molecule has 42 heavy (non-hydrogen) atoms. The number of ether oxygens (including phenoxy) is 3. The highest BCUT2D eigenvalue weighted by atomic mass is 16.6. The summed E-state index contributed by atoms with van der Waals surface area (Å²) in [5.74, 6) is -2.44. The summed E-state index contributed by atoms with van der Waals surface area (Å²) in [6.07, 6.45) is -2.23. The Kier molecular flexibility index (Phi) is 9.13. The number of morpholine rings is 1. The minimum absolute atomic E-state index is 0.0176. The minimum Gasteiger partial charge on any atom is -0.481 e. The van der Waals surface area contributed by atoms with Crippen molar-refractivity contribution in [3.05, 3.63) is 95.6 Å². The first kappa shape index (κ1) is 28.8. The number of fused-ring (bicyclic) bond motifs is 3. The van der Waals surface area contributed by atoms with Crippen molar-refractivity contribution in [1.29, 1.82) is 0 Å². The van der Waals surface area contributed by atoms with Crippen molar-refractivity contribution in [1.82, 2.24) is 10.2 Å². The van der Waals surface area contributed by atoms with Gasteiger partial charge in [-0.05, 0) is 27.8 Å². The topological polar surface area (TPSA) is 131 Å². The van der Waals surface area contributed by atoms with Crippen molar-refractivity contribution >= 4 is 23.9 Å². The van der Waals surface area contributed by atoms with Crippen LogP contribution < -0.4 is 5.32 Å². The van der Waals surface area contributed by atoms with Crippen molar-refractivity contribution in [3.63, 3.8) is 0 Å². The van der Waals surface area contributed by atoms with Gasteiger partial charge in [0.15, 0.2) is 0 Å². The zero-order chi connectivity index (χ0) is 29.5. The van der Waals surface area contributed by atoms with Gasteiger partial charge in [0.25, 0.3) is 0 Å². The molecule has 0 radical (unpaired) electrons. The van der Waals surface area contributed by atoms with Crippen LogP contribution in [0, 0.1) is 0 Å². The monoisotopic (exact) mass is 572 g/mol. The minimum atomic E-state index is -1.27. The molecule has 218 valence electrons. The molecule has 3 aromatic carbocycles. The van der Waals surface area contributed by atoms with Crippen molar-refractivity contribution in [2.75, 3.05) is 26.3 Å². The Bertz CT molecular complexity index is 1400. The Labute approximate surface area is 243 Å². The number of amides is 2. The molecule has 2 atom stereocenters. The van der Waals surface area contributed by atoms with E-state index < -0.39 is 42.5 Å². The van der Waals surface area contributed by atoms with Gasteiger partial charge in [0.2, 0.25) is 5.91 Å². The molecular weight excluding hydrogens is 540 g/mol. The Morgan fingerprint density at radius 2 is 1.55 bits per heavy atom. The molecule has 10 heteroatoms. The maximum absolute atomic E-state index is 13.5. The van der Waals surface area contributed by atoms with Crippen LogP contribution in [-0.2, 0) is 35.2 Å². The predicted molar refractivity (Wildman–Crippen MR) is 151 cm³/mol. The van der Waals surface area contributed by atoms with Crippen LogP contribution in [0.25, 0.3) is 11.1 Å². The molecule has 1 saturated heterocycles. The highest BCUT2D eigenvalue weighted by Crippen LogP contribution is 2.44. The second kappa shape index (κ2) is 13.3. The fourth-order valence-electron chi connectivity index (χ4n) is 5.40. The largest absolute Gasteiger partial charge is 0.481 e. The van der Waals surface area contributed by atoms with Gasteiger partial charge in [-0.1, -0.05) is 78.9 Å². The molecule has 1 heterocycles. The number of aliphatic carboxylic acids is 1. The third-order valence-electron chi connectivity index (χ3n) is 7.40. The Hall–Kier alpha value is -4.70. The maximum atomic E-state index is 13.5. The van der Waals surface area contributed by atoms with Crippen LogP contribution in [0.5, 0.6) is 0 Å². The Balaban J connectivity index is 1.25. The van der Waals surface area contributed by atoms with Gasteiger partial charge in [0, 0.05) is 19.0 Å². The first-order valence-corrected chi connectivity index (χ1v) is 13.8. The van der Waals surface area contributed by atoms with Gasteiger partial charge in [0.1, 0.15) is 19.3 Å². The number of nitrogens with one attached hydrogen (secondary N) is 1. The lowest BCUT2D eigenvalue weighted by molar-refractivity contribution is -0.152. The smallest absolute Gasteiger partial charge is 0.407 e. The number of esters is 1. The zero-order valence-corrected chi connectivity index (χ0v) is 22.9. The van der Waals surface area contributed by atoms with E-state index in [0.29, 0.717) is 0 Å². The molecule has 3 aromatic rings. The summed E-state index contributed by atoms with van der Waals surface area (Å²) in [5.41, 5.74) is 5.03. The van der Waals surface area contributed by atoms with Gasteiger partial charge in [-0.2, -0.15) is 0 Å². The zero-order valence-electron chi connectivity index (χ0n) is 22.9. The number of carboxylic acids is 1. The standard InChI is InChI=1S/C32H32N2O8/c35-29(36)16-22-18-34(14-15-40-22)31(38)28(17-30(37)41-19-21-8-2-1-3-9-21)33-32(39)42-20-27-25-12-6-4-10-23(25)24-11-5-7-13-26(24)27/h1-13,22,27-28H,14-20H2,(H,33,39)(H,35,36)/t22?,28-/m0/s1. The molecule has 5 rings (SSSR count). The fraction of sp³-hybridized carbons (Fsp3) is 0.312. The highest BCUT2D eigenvalue weighted by molar-refractivity contribution is 5.90. The molecule has 1 aliphatic heterocycles. The van der Waals surface area contributed by atoms with Gasteiger partial charge in [0.05, 0.1) is 25.6 Å². The first-order chi connectivity index (χ1) is 20.4. The van der Waals surface area contributed by atoms with E-state index in [0.717, 1.165) is 27.8 Å². The molecular formula is C32H32N2O8. The van der Waals surface area contributed by atoms with Gasteiger partial charge < -0.3 is 29.5 Å². The molecule has 1 unspecified atom stereocenters. The SMILES string of the molecule is O=C(O)CC1CN(C(=O)[C@H](CC(=O)OCc2ccccc2)NC(=O)OCC2c3ccccc3-c3ccccc32)CCO1. The van der Waals surface area contributed by atoms with Crippen molar-refractivity contribution in [3.8, 4) is 11.1 Å². The second-order valence-electron chi connectivity index (χ2n) is 10.2. The number of nitrogens with zero attached hydrogens (tertiary/aromatic N) is 1. The first-order valence-electron chi connectivity index (χ1n) is 13.8. The Morgan fingerprint density at radius 3 is 2.21 bits per heavy atom. The third-order valence-corrected chi connectivity index (χ3v) is 7.40. The van der Waals surface area contributed by atoms with E-state index >= 15 is 0 Å². The van der Waals surface area contributed by atoms with Crippen LogP contribution in [-0.4, -0.2) is 72.4 Å². The molecule has 0 aromatic heterocycles. The van der Waals surface area contributed by atoms with Crippen molar-refractivity contribution in [2.45, 2.75) is 37.5 Å². The summed E-state index contributed by atoms with van der Waals surface area (Å²) in [6, 6.07) is 23.7. The van der Waals surface area contributed by atoms with Gasteiger partial charge in [-0.15, -0.1) is 0 Å². The highest BCUT2D eigenvalue weighted by Gasteiger charge is 2.34. The molecule has 10 nitrogen and oxygen atoms in total. The number of benzene rings is 3. The molecule has 0 bridgehead atoms. The van der Waals surface area contributed by atoms with E-state index in [1.54, 1.807) is 12.1 Å². The summed E-state index contributed by atoms with van der Waals surface area (Å²) >= 11 is 0. The number of hydrogen-bond donors (Lipinski definition) is 2. The molecule has 1 aliphatic carbocycles. The van der Waals surface area contributed by atoms with E-state index in [2.05, 4.69) is 5.32 Å². The average Bonchev–Trinajstić information content (AvgIpc) is 3.32. The lowest BCUT2D eigenvalue weighted by atomic mass is 9.98. The summed E-state index contributed by atoms with van der Waals surface area (Å²) in [6.45, 7) is 0.408. The van der Waals surface area contributed by atoms with Crippen molar-refractivity contribution < 1.29 is 38.5 Å². The summed E-state index contributed by atoms with van der Waals surface area (Å²) < 4.78 is 16.5. The summed E-state index contributed by atoms with van der Waals surface area (Å²) in [7, 11) is 0. The number of rotatable bonds is 10. The predicted octanol–water partition coefficient (Wildman–Crippen LogP) is 3.73. The van der Waals surface area contributed by atoms with Crippen LogP contribution in [0.15, 0.2) is 78.9 Å². The van der Waals surface area contributed by atoms with E-state index in [1.165, 1.54) is 4.90 Å². The lowest BCUT2D eigenvalue weighted by Gasteiger charge is -2.34. The molecule has 1 fully saturated rings. The van der Waals surface area contributed by atoms with Crippen LogP contribution in [0.2, 0.25) is 0 Å². The molecule has 0 saturated carbocycles. The maximum Gasteiger partial charge on any atom is 0.407 e. The van der Waals surface area contributed by atoms with Gasteiger partial charge in [-0.3, -0.25) is 14.4 Å². The van der Waals surface area contributed by atoms with E-state index in [-0.39, 0.29) is 45.2 Å². The number of carbonyl (C=O) groups is 4. The fourth-order valence-corrected chi connectivity index (χ4v) is 5.40. The molecule has 2 amide bonds. The number of carbonyl (C=O) groups excluding carboxylic acids is 3. The van der Waals surface area contributed by atoms with Crippen LogP contribution >= 0.6 is 0 Å². The van der Waals surface area contributed by atoms with E-state index in [9.17, 15) is 19.2 Å². The summed E-state index contributed by atoms with van der Waals surface area (Å²) in [4.78, 5) is 51.9. The average molecular weight is 573 g/mol. The summed E-state index contributed by atoms with van der Waals surface area (Å²) in [5, 5.41) is 11.7. The van der Waals surface area contributed by atoms with Crippen LogP contribution in [0.3, 0.4) is 0 Å². The van der Waals surface area contributed by atoms with Gasteiger partial charge >= 0.3 is 18.0 Å². The third kappa shape index (κ3) is 6.95. The van der Waals surface area contributed by atoms with E-state index in [4.69, 9.17) is 19.3 Å². The molecule has 0 spiro atoms. The van der Waals surface area contributed by atoms with E-state index in [1.807, 2.05) is 66.7 Å². The lowest BCUT2D eigenvalue weighted by Crippen LogP contribution is -2.54. The quantitative estimate of drug-likeness (QED) is 0.352. The molecule has 2 aliphatic rings. The normalized spacial score (nSPS) is 16.6. The Morgan fingerprint density at radius 1 is 0.905 bits per heavy atom. The van der Waals surface area contributed by atoms with Crippen LogP contribution in [0.1, 0.15) is 35.4 Å². The van der Waals surface area contributed by atoms with Gasteiger partial charge in [-0.25, -0.2) is 4.79 Å². The second-order valence-corrected chi connectivity index (χ2v) is 10.2.